The molecule has 0 radical (unpaired) electrons. The van der Waals surface area contributed by atoms with Crippen molar-refractivity contribution >= 4 is 34.8 Å². The Hall–Kier alpha value is -2.53. The summed E-state index contributed by atoms with van der Waals surface area (Å²) in [6, 6.07) is 12.2. The maximum absolute atomic E-state index is 12.0. The van der Waals surface area contributed by atoms with Gasteiger partial charge in [0.15, 0.2) is 0 Å². The second kappa shape index (κ2) is 8.36. The molecule has 0 aliphatic heterocycles. The summed E-state index contributed by atoms with van der Waals surface area (Å²) in [5.74, 6) is -0.311. The van der Waals surface area contributed by atoms with Crippen molar-refractivity contribution in [2.24, 2.45) is 0 Å². The number of aryl methyl sites for hydroxylation is 1. The third-order valence-corrected chi connectivity index (χ3v) is 3.64. The monoisotopic (exact) mass is 345 g/mol. The molecule has 2 aromatic rings. The second-order valence-corrected chi connectivity index (χ2v) is 5.73. The molecule has 6 heteroatoms. The SMILES string of the molecule is CCNC(=O)c1ccc(NC(=O)CNc2cc(Cl)ccc2C)cc1. The first-order valence-electron chi connectivity index (χ1n) is 7.67. The Kier molecular flexibility index (Phi) is 6.21. The van der Waals surface area contributed by atoms with E-state index in [1.807, 2.05) is 19.9 Å². The Morgan fingerprint density at radius 3 is 2.46 bits per heavy atom. The Morgan fingerprint density at radius 1 is 1.08 bits per heavy atom. The van der Waals surface area contributed by atoms with Crippen LogP contribution in [0, 0.1) is 6.92 Å². The summed E-state index contributed by atoms with van der Waals surface area (Å²) in [4.78, 5) is 23.7. The zero-order valence-electron chi connectivity index (χ0n) is 13.7. The first-order valence-corrected chi connectivity index (χ1v) is 8.05. The molecule has 0 saturated carbocycles. The number of anilines is 2. The first kappa shape index (κ1) is 17.8. The predicted octanol–water partition coefficient (Wildman–Crippen LogP) is 3.45. The van der Waals surface area contributed by atoms with E-state index < -0.39 is 0 Å². The van der Waals surface area contributed by atoms with Crippen LogP contribution in [-0.2, 0) is 4.79 Å². The van der Waals surface area contributed by atoms with Gasteiger partial charge in [-0.25, -0.2) is 0 Å². The van der Waals surface area contributed by atoms with E-state index in [2.05, 4.69) is 16.0 Å². The van der Waals surface area contributed by atoms with E-state index in [1.54, 1.807) is 36.4 Å². The average molecular weight is 346 g/mol. The number of carbonyl (C=O) groups excluding carboxylic acids is 2. The standard InChI is InChI=1S/C18H20ClN3O2/c1-3-20-18(24)13-5-8-15(9-6-13)22-17(23)11-21-16-10-14(19)7-4-12(16)2/h4-10,21H,3,11H2,1-2H3,(H,20,24)(H,22,23). The van der Waals surface area contributed by atoms with Gasteiger partial charge in [-0.05, 0) is 55.8 Å². The van der Waals surface area contributed by atoms with Gasteiger partial charge >= 0.3 is 0 Å². The largest absolute Gasteiger partial charge is 0.376 e. The molecule has 0 unspecified atom stereocenters. The fourth-order valence-electron chi connectivity index (χ4n) is 2.13. The van der Waals surface area contributed by atoms with Crippen molar-refractivity contribution in [3.05, 3.63) is 58.6 Å². The minimum atomic E-state index is -0.180. The van der Waals surface area contributed by atoms with Crippen LogP contribution in [0.1, 0.15) is 22.8 Å². The molecule has 0 aliphatic carbocycles. The molecule has 5 nitrogen and oxygen atoms in total. The summed E-state index contributed by atoms with van der Waals surface area (Å²) < 4.78 is 0. The van der Waals surface area contributed by atoms with Gasteiger partial charge in [-0.15, -0.1) is 0 Å². The lowest BCUT2D eigenvalue weighted by Gasteiger charge is -2.11. The fourth-order valence-corrected chi connectivity index (χ4v) is 2.31. The van der Waals surface area contributed by atoms with Crippen molar-refractivity contribution in [3.8, 4) is 0 Å². The summed E-state index contributed by atoms with van der Waals surface area (Å²) in [5, 5.41) is 9.18. The van der Waals surface area contributed by atoms with E-state index in [1.165, 1.54) is 0 Å². The lowest BCUT2D eigenvalue weighted by molar-refractivity contribution is -0.114. The van der Waals surface area contributed by atoms with Crippen molar-refractivity contribution in [1.29, 1.82) is 0 Å². The van der Waals surface area contributed by atoms with Crippen molar-refractivity contribution in [1.82, 2.24) is 5.32 Å². The van der Waals surface area contributed by atoms with E-state index in [9.17, 15) is 9.59 Å². The van der Waals surface area contributed by atoms with Gasteiger partial charge in [-0.2, -0.15) is 0 Å². The second-order valence-electron chi connectivity index (χ2n) is 5.30. The highest BCUT2D eigenvalue weighted by Crippen LogP contribution is 2.19. The van der Waals surface area contributed by atoms with E-state index >= 15 is 0 Å². The molecule has 0 aromatic heterocycles. The third-order valence-electron chi connectivity index (χ3n) is 3.41. The molecule has 0 saturated heterocycles. The molecular weight excluding hydrogens is 326 g/mol. The summed E-state index contributed by atoms with van der Waals surface area (Å²) in [6.45, 7) is 4.50. The lowest BCUT2D eigenvalue weighted by atomic mass is 10.2. The fraction of sp³-hybridized carbons (Fsp3) is 0.222. The Labute approximate surface area is 146 Å². The summed E-state index contributed by atoms with van der Waals surface area (Å²) in [6.07, 6.45) is 0. The van der Waals surface area contributed by atoms with Crippen LogP contribution in [-0.4, -0.2) is 24.9 Å². The van der Waals surface area contributed by atoms with Crippen molar-refractivity contribution < 1.29 is 9.59 Å². The number of halogens is 1. The number of nitrogens with one attached hydrogen (secondary N) is 3. The molecule has 0 spiro atoms. The quantitative estimate of drug-likeness (QED) is 0.751. The van der Waals surface area contributed by atoms with Crippen LogP contribution in [0.4, 0.5) is 11.4 Å². The minimum absolute atomic E-state index is 0.124. The van der Waals surface area contributed by atoms with Crippen molar-refractivity contribution in [2.45, 2.75) is 13.8 Å². The van der Waals surface area contributed by atoms with Crippen LogP contribution in [0.5, 0.6) is 0 Å². The Bertz CT molecular complexity index is 730. The molecule has 2 amide bonds. The molecule has 0 heterocycles. The molecular formula is C18H20ClN3O2. The molecule has 0 atom stereocenters. The van der Waals surface area contributed by atoms with Gasteiger partial charge in [-0.1, -0.05) is 17.7 Å². The maximum Gasteiger partial charge on any atom is 0.251 e. The van der Waals surface area contributed by atoms with Crippen LogP contribution in [0.15, 0.2) is 42.5 Å². The Balaban J connectivity index is 1.90. The van der Waals surface area contributed by atoms with Gasteiger partial charge in [-0.3, -0.25) is 9.59 Å². The lowest BCUT2D eigenvalue weighted by Crippen LogP contribution is -2.23. The molecule has 0 aliphatic rings. The molecule has 2 aromatic carbocycles. The molecule has 2 rings (SSSR count). The van der Waals surface area contributed by atoms with Crippen LogP contribution in [0.3, 0.4) is 0 Å². The molecule has 3 N–H and O–H groups in total. The topological polar surface area (TPSA) is 70.2 Å². The number of amides is 2. The van der Waals surface area contributed by atoms with Gasteiger partial charge in [0, 0.05) is 28.5 Å². The van der Waals surface area contributed by atoms with Gasteiger partial charge in [0.2, 0.25) is 5.91 Å². The highest BCUT2D eigenvalue weighted by atomic mass is 35.5. The van der Waals surface area contributed by atoms with Crippen molar-refractivity contribution in [2.75, 3.05) is 23.7 Å². The van der Waals surface area contributed by atoms with E-state index in [0.717, 1.165) is 11.3 Å². The molecule has 0 fully saturated rings. The van der Waals surface area contributed by atoms with E-state index in [0.29, 0.717) is 22.8 Å². The number of hydrogen-bond donors (Lipinski definition) is 3. The smallest absolute Gasteiger partial charge is 0.251 e. The van der Waals surface area contributed by atoms with Gasteiger partial charge < -0.3 is 16.0 Å². The van der Waals surface area contributed by atoms with Crippen LogP contribution in [0.2, 0.25) is 5.02 Å². The van der Waals surface area contributed by atoms with E-state index in [4.69, 9.17) is 11.6 Å². The average Bonchev–Trinajstić information content (AvgIpc) is 2.56. The summed E-state index contributed by atoms with van der Waals surface area (Å²) in [5.41, 5.74) is 3.03. The molecule has 0 bridgehead atoms. The third kappa shape index (κ3) is 4.99. The van der Waals surface area contributed by atoms with Crippen molar-refractivity contribution in [3.63, 3.8) is 0 Å². The van der Waals surface area contributed by atoms with Gasteiger partial charge in [0.25, 0.3) is 5.91 Å². The zero-order valence-corrected chi connectivity index (χ0v) is 14.4. The number of carbonyl (C=O) groups is 2. The number of benzene rings is 2. The molecule has 24 heavy (non-hydrogen) atoms. The number of hydrogen-bond acceptors (Lipinski definition) is 3. The van der Waals surface area contributed by atoms with Gasteiger partial charge in [0.1, 0.15) is 0 Å². The van der Waals surface area contributed by atoms with Crippen LogP contribution < -0.4 is 16.0 Å². The van der Waals surface area contributed by atoms with Crippen LogP contribution >= 0.6 is 11.6 Å². The van der Waals surface area contributed by atoms with Crippen LogP contribution in [0.25, 0.3) is 0 Å². The van der Waals surface area contributed by atoms with E-state index in [-0.39, 0.29) is 18.4 Å². The highest BCUT2D eigenvalue weighted by Gasteiger charge is 2.07. The maximum atomic E-state index is 12.0. The van der Waals surface area contributed by atoms with Gasteiger partial charge in [0.05, 0.1) is 6.54 Å². The molecule has 126 valence electrons. The Morgan fingerprint density at radius 2 is 1.79 bits per heavy atom. The highest BCUT2D eigenvalue weighted by molar-refractivity contribution is 6.30. The summed E-state index contributed by atoms with van der Waals surface area (Å²) in [7, 11) is 0. The number of rotatable bonds is 6. The normalized spacial score (nSPS) is 10.1. The zero-order chi connectivity index (χ0) is 17.5. The minimum Gasteiger partial charge on any atom is -0.376 e. The first-order chi connectivity index (χ1) is 11.5. The summed E-state index contributed by atoms with van der Waals surface area (Å²) >= 11 is 5.95. The predicted molar refractivity (Wildman–Crippen MR) is 97.8 cm³/mol.